The van der Waals surface area contributed by atoms with E-state index in [2.05, 4.69) is 28.5 Å². The third-order valence-corrected chi connectivity index (χ3v) is 12.8. The molecule has 4 amide bonds. The van der Waals surface area contributed by atoms with Crippen LogP contribution in [0.4, 0.5) is 4.79 Å². The summed E-state index contributed by atoms with van der Waals surface area (Å²) in [5.74, 6) is -2.07. The van der Waals surface area contributed by atoms with E-state index in [1.54, 1.807) is 26.8 Å². The Morgan fingerprint density at radius 1 is 1.02 bits per heavy atom. The van der Waals surface area contributed by atoms with Gasteiger partial charge in [-0.1, -0.05) is 87.5 Å². The normalized spacial score (nSPS) is 25.5. The SMILES string of the molecule is C=CCS[C@@]1(c2ccc(-c3ccccc3)cc2)C[C@@H](C(=O)N[C@]2(C(=O)NS(=O)(=O)C3CC3)C[C@H]2C=C)N(C(=O)[C@@H](NC(=O)O)C(C)(C)C)C1. The van der Waals surface area contributed by atoms with E-state index >= 15 is 0 Å². The van der Waals surface area contributed by atoms with Crippen molar-refractivity contribution in [2.75, 3.05) is 12.3 Å². The Bertz CT molecular complexity index is 1740. The van der Waals surface area contributed by atoms with Gasteiger partial charge in [0.15, 0.2) is 0 Å². The lowest BCUT2D eigenvalue weighted by atomic mass is 9.85. The van der Waals surface area contributed by atoms with Crippen LogP contribution in [0, 0.1) is 11.3 Å². The van der Waals surface area contributed by atoms with Crippen molar-refractivity contribution in [3.8, 4) is 11.1 Å². The molecule has 3 fully saturated rings. The fourth-order valence-corrected chi connectivity index (χ4v) is 9.12. The second-order valence-corrected chi connectivity index (χ2v) is 17.5. The monoisotopic (exact) mass is 708 g/mol. The summed E-state index contributed by atoms with van der Waals surface area (Å²) in [5, 5.41) is 14.2. The maximum Gasteiger partial charge on any atom is 0.405 e. The van der Waals surface area contributed by atoms with Gasteiger partial charge < -0.3 is 20.6 Å². The number of hydrogen-bond acceptors (Lipinski definition) is 7. The molecule has 2 aromatic rings. The van der Waals surface area contributed by atoms with E-state index in [-0.39, 0.29) is 19.4 Å². The molecule has 0 spiro atoms. The second kappa shape index (κ2) is 13.7. The van der Waals surface area contributed by atoms with Crippen LogP contribution in [-0.4, -0.2) is 77.4 Å². The van der Waals surface area contributed by atoms with Crippen molar-refractivity contribution in [1.29, 1.82) is 0 Å². The molecule has 3 aliphatic rings. The van der Waals surface area contributed by atoms with Crippen molar-refractivity contribution in [2.24, 2.45) is 11.3 Å². The molecule has 0 radical (unpaired) electrons. The largest absolute Gasteiger partial charge is 0.465 e. The van der Waals surface area contributed by atoms with Crippen molar-refractivity contribution < 1.29 is 32.7 Å². The first kappa shape index (κ1) is 36.2. The quantitative estimate of drug-likeness (QED) is 0.223. The van der Waals surface area contributed by atoms with Crippen LogP contribution in [-0.2, 0) is 29.2 Å². The summed E-state index contributed by atoms with van der Waals surface area (Å²) in [6.07, 6.45) is 3.09. The van der Waals surface area contributed by atoms with Crippen LogP contribution < -0.4 is 15.4 Å². The van der Waals surface area contributed by atoms with Gasteiger partial charge in [0, 0.05) is 18.2 Å². The Hall–Kier alpha value is -4.10. The topological polar surface area (TPSA) is 162 Å². The zero-order valence-corrected chi connectivity index (χ0v) is 29.6. The second-order valence-electron chi connectivity index (χ2n) is 14.2. The van der Waals surface area contributed by atoms with Crippen LogP contribution in [0.15, 0.2) is 79.9 Å². The molecular formula is C36H44N4O7S2. The number of likely N-dealkylation sites (tertiary alicyclic amines) is 1. The molecule has 5 atom stereocenters. The van der Waals surface area contributed by atoms with Gasteiger partial charge >= 0.3 is 6.09 Å². The summed E-state index contributed by atoms with van der Waals surface area (Å²) in [4.78, 5) is 55.5. The first-order chi connectivity index (χ1) is 23.1. The van der Waals surface area contributed by atoms with E-state index in [1.807, 2.05) is 54.6 Å². The van der Waals surface area contributed by atoms with Crippen LogP contribution in [0.3, 0.4) is 0 Å². The smallest absolute Gasteiger partial charge is 0.405 e. The van der Waals surface area contributed by atoms with E-state index in [0.717, 1.165) is 16.7 Å². The molecule has 1 aliphatic heterocycles. The first-order valence-corrected chi connectivity index (χ1v) is 18.8. The number of thioether (sulfide) groups is 1. The third-order valence-electron chi connectivity index (χ3n) is 9.54. The molecule has 0 bridgehead atoms. The standard InChI is InChI=1S/C36H44N4O7S2/c1-6-19-48-35(26-15-13-24(14-16-26)23-11-9-8-10-12-23)21-28(40(22-35)31(42)29(34(3,4)5)37-33(44)45)30(41)38-36(20-25(36)7-2)32(43)39-49(46,47)27-17-18-27/h6-16,25,27-29,37H,1-2,17-22H2,3-5H3,(H,38,41)(H,39,43)(H,44,45)/t25-,28+,29-,35+,36-/m1/s1. The number of carbonyl (C=O) groups is 4. The fraction of sp³-hybridized carbons (Fsp3) is 0.444. The Morgan fingerprint density at radius 3 is 2.18 bits per heavy atom. The highest BCUT2D eigenvalue weighted by Gasteiger charge is 2.62. The Labute approximate surface area is 292 Å². The molecule has 262 valence electrons. The molecule has 0 aromatic heterocycles. The molecule has 4 N–H and O–H groups in total. The molecule has 2 aromatic carbocycles. The summed E-state index contributed by atoms with van der Waals surface area (Å²) < 4.78 is 26.7. The van der Waals surface area contributed by atoms with E-state index < -0.39 is 72.8 Å². The minimum Gasteiger partial charge on any atom is -0.465 e. The average molecular weight is 709 g/mol. The van der Waals surface area contributed by atoms with Crippen LogP contribution >= 0.6 is 11.8 Å². The number of carbonyl (C=O) groups excluding carboxylic acids is 3. The summed E-state index contributed by atoms with van der Waals surface area (Å²) >= 11 is 1.52. The molecule has 5 rings (SSSR count). The Balaban J connectivity index is 1.52. The highest BCUT2D eigenvalue weighted by atomic mass is 32.2. The lowest BCUT2D eigenvalue weighted by Gasteiger charge is -2.35. The minimum atomic E-state index is -3.89. The molecule has 2 aliphatic carbocycles. The van der Waals surface area contributed by atoms with E-state index in [0.29, 0.717) is 18.6 Å². The van der Waals surface area contributed by atoms with Gasteiger partial charge in [-0.3, -0.25) is 19.1 Å². The maximum atomic E-state index is 14.4. The Kier molecular flexibility index (Phi) is 10.1. The van der Waals surface area contributed by atoms with Gasteiger partial charge in [-0.05, 0) is 47.8 Å². The fourth-order valence-electron chi connectivity index (χ4n) is 6.51. The van der Waals surface area contributed by atoms with Crippen molar-refractivity contribution >= 4 is 45.6 Å². The van der Waals surface area contributed by atoms with E-state index in [9.17, 15) is 32.7 Å². The number of sulfonamides is 1. The van der Waals surface area contributed by atoms with Gasteiger partial charge in [0.05, 0.1) is 10.00 Å². The number of benzene rings is 2. The van der Waals surface area contributed by atoms with Crippen molar-refractivity contribution in [1.82, 2.24) is 20.3 Å². The molecule has 49 heavy (non-hydrogen) atoms. The van der Waals surface area contributed by atoms with Crippen LogP contribution in [0.5, 0.6) is 0 Å². The van der Waals surface area contributed by atoms with Gasteiger partial charge in [-0.2, -0.15) is 0 Å². The molecule has 2 saturated carbocycles. The molecule has 11 nitrogen and oxygen atoms in total. The predicted molar refractivity (Wildman–Crippen MR) is 190 cm³/mol. The van der Waals surface area contributed by atoms with Crippen molar-refractivity contribution in [2.45, 2.75) is 74.1 Å². The summed E-state index contributed by atoms with van der Waals surface area (Å²) in [7, 11) is -3.89. The van der Waals surface area contributed by atoms with E-state index in [1.165, 1.54) is 22.7 Å². The Morgan fingerprint density at radius 2 is 1.65 bits per heavy atom. The number of amides is 4. The van der Waals surface area contributed by atoms with Crippen LogP contribution in [0.2, 0.25) is 0 Å². The zero-order chi connectivity index (χ0) is 35.8. The van der Waals surface area contributed by atoms with Gasteiger partial charge in [0.25, 0.3) is 5.91 Å². The van der Waals surface area contributed by atoms with E-state index in [4.69, 9.17) is 0 Å². The number of rotatable bonds is 13. The lowest BCUT2D eigenvalue weighted by molar-refractivity contribution is -0.142. The van der Waals surface area contributed by atoms with Crippen LogP contribution in [0.25, 0.3) is 11.1 Å². The molecule has 13 heteroatoms. The van der Waals surface area contributed by atoms with Gasteiger partial charge in [-0.15, -0.1) is 24.9 Å². The van der Waals surface area contributed by atoms with Gasteiger partial charge in [0.1, 0.15) is 17.6 Å². The van der Waals surface area contributed by atoms with Crippen molar-refractivity contribution in [3.05, 3.63) is 85.5 Å². The summed E-state index contributed by atoms with van der Waals surface area (Å²) in [5.41, 5.74) is 0.489. The predicted octanol–water partition coefficient (Wildman–Crippen LogP) is 4.42. The number of nitrogens with one attached hydrogen (secondary N) is 3. The zero-order valence-electron chi connectivity index (χ0n) is 28.0. The van der Waals surface area contributed by atoms with Gasteiger partial charge in [-0.25, -0.2) is 13.2 Å². The minimum absolute atomic E-state index is 0.0706. The number of carboxylic acid groups (broad SMARTS) is 1. The summed E-state index contributed by atoms with van der Waals surface area (Å²) in [6, 6.07) is 15.5. The average Bonchev–Trinajstić information content (AvgIpc) is 3.99. The first-order valence-electron chi connectivity index (χ1n) is 16.3. The number of hydrogen-bond donors (Lipinski definition) is 4. The highest BCUT2D eigenvalue weighted by Crippen LogP contribution is 2.50. The molecule has 1 heterocycles. The highest BCUT2D eigenvalue weighted by molar-refractivity contribution is 8.00. The van der Waals surface area contributed by atoms with Gasteiger partial charge in [0.2, 0.25) is 21.8 Å². The third kappa shape index (κ3) is 7.57. The van der Waals surface area contributed by atoms with Crippen molar-refractivity contribution in [3.63, 3.8) is 0 Å². The number of nitrogens with zero attached hydrogens (tertiary/aromatic N) is 1. The lowest BCUT2D eigenvalue weighted by Crippen LogP contribution is -2.60. The summed E-state index contributed by atoms with van der Waals surface area (Å²) in [6.45, 7) is 12.9. The molecular weight excluding hydrogens is 665 g/mol. The molecule has 0 unspecified atom stereocenters. The van der Waals surface area contributed by atoms with Crippen LogP contribution in [0.1, 0.15) is 52.0 Å². The maximum absolute atomic E-state index is 14.4. The molecule has 1 saturated heterocycles.